The smallest absolute Gasteiger partial charge is 0.249 e. The number of imide groups is 1. The predicted molar refractivity (Wildman–Crippen MR) is 69.0 cm³/mol. The fourth-order valence-corrected chi connectivity index (χ4v) is 2.09. The second-order valence-corrected chi connectivity index (χ2v) is 5.41. The zero-order chi connectivity index (χ0) is 14.2. The van der Waals surface area contributed by atoms with E-state index in [0.717, 1.165) is 4.90 Å². The van der Waals surface area contributed by atoms with Crippen molar-refractivity contribution in [1.29, 1.82) is 0 Å². The van der Waals surface area contributed by atoms with E-state index in [1.165, 1.54) is 18.2 Å². The van der Waals surface area contributed by atoms with E-state index in [0.29, 0.717) is 10.6 Å². The number of benzene rings is 1. The number of piperazine rings is 1. The summed E-state index contributed by atoms with van der Waals surface area (Å²) in [4.78, 5) is 25.1. The number of rotatable bonds is 2. The summed E-state index contributed by atoms with van der Waals surface area (Å²) in [6.07, 6.45) is 0. The van der Waals surface area contributed by atoms with Crippen molar-refractivity contribution >= 4 is 23.4 Å². The molecule has 6 heteroatoms. The summed E-state index contributed by atoms with van der Waals surface area (Å²) in [7, 11) is 0. The third-order valence-electron chi connectivity index (χ3n) is 3.10. The molecule has 1 fully saturated rings. The number of carbonyl (C=O) groups is 2. The molecule has 0 bridgehead atoms. The zero-order valence-electron chi connectivity index (χ0n) is 10.7. The van der Waals surface area contributed by atoms with E-state index in [9.17, 15) is 14.0 Å². The van der Waals surface area contributed by atoms with Gasteiger partial charge in [-0.15, -0.1) is 0 Å². The van der Waals surface area contributed by atoms with Crippen LogP contribution in [0.15, 0.2) is 18.2 Å². The van der Waals surface area contributed by atoms with Crippen molar-refractivity contribution in [2.45, 2.75) is 25.9 Å². The molecule has 1 aliphatic heterocycles. The number of hydrogen-bond donors (Lipinski definition) is 1. The van der Waals surface area contributed by atoms with Crippen LogP contribution in [-0.2, 0) is 16.1 Å². The highest BCUT2D eigenvalue weighted by atomic mass is 35.5. The Balaban J connectivity index is 2.28. The lowest BCUT2D eigenvalue weighted by Crippen LogP contribution is -2.63. The van der Waals surface area contributed by atoms with E-state index in [-0.39, 0.29) is 24.9 Å². The number of halogens is 2. The molecule has 1 aliphatic rings. The van der Waals surface area contributed by atoms with Gasteiger partial charge in [-0.1, -0.05) is 11.6 Å². The van der Waals surface area contributed by atoms with E-state index in [1.807, 2.05) is 0 Å². The van der Waals surface area contributed by atoms with Crippen LogP contribution >= 0.6 is 11.6 Å². The summed E-state index contributed by atoms with van der Waals surface area (Å²) in [5.74, 6) is -1.14. The van der Waals surface area contributed by atoms with E-state index >= 15 is 0 Å². The van der Waals surface area contributed by atoms with Gasteiger partial charge in [-0.25, -0.2) is 4.39 Å². The van der Waals surface area contributed by atoms with Gasteiger partial charge in [-0.3, -0.25) is 19.8 Å². The van der Waals surface area contributed by atoms with Crippen molar-refractivity contribution in [3.8, 4) is 0 Å². The Morgan fingerprint density at radius 3 is 2.79 bits per heavy atom. The summed E-state index contributed by atoms with van der Waals surface area (Å²) in [6.45, 7) is 3.45. The van der Waals surface area contributed by atoms with Crippen molar-refractivity contribution in [1.82, 2.24) is 10.2 Å². The van der Waals surface area contributed by atoms with Crippen molar-refractivity contribution in [2.75, 3.05) is 6.54 Å². The lowest BCUT2D eigenvalue weighted by Gasteiger charge is -2.36. The second kappa shape index (κ2) is 4.90. The Kier molecular flexibility index (Phi) is 3.60. The summed E-state index contributed by atoms with van der Waals surface area (Å²) < 4.78 is 13.2. The largest absolute Gasteiger partial charge is 0.295 e. The first-order valence-electron chi connectivity index (χ1n) is 5.85. The zero-order valence-corrected chi connectivity index (χ0v) is 11.4. The van der Waals surface area contributed by atoms with E-state index in [2.05, 4.69) is 5.32 Å². The number of nitrogens with zero attached hydrogens (tertiary/aromatic N) is 1. The van der Waals surface area contributed by atoms with Crippen LogP contribution in [0.2, 0.25) is 5.02 Å². The monoisotopic (exact) mass is 284 g/mol. The molecule has 4 nitrogen and oxygen atoms in total. The lowest BCUT2D eigenvalue weighted by atomic mass is 10.00. The molecule has 102 valence electrons. The maximum atomic E-state index is 13.2. The number of carbonyl (C=O) groups excluding carboxylic acids is 2. The molecular formula is C13H14ClFN2O2. The second-order valence-electron chi connectivity index (χ2n) is 5.00. The van der Waals surface area contributed by atoms with Crippen molar-refractivity contribution in [3.05, 3.63) is 34.6 Å². The van der Waals surface area contributed by atoms with Gasteiger partial charge in [0.05, 0.1) is 18.6 Å². The van der Waals surface area contributed by atoms with Crippen molar-refractivity contribution in [3.63, 3.8) is 0 Å². The number of amides is 2. The van der Waals surface area contributed by atoms with Crippen LogP contribution in [0.3, 0.4) is 0 Å². The molecular weight excluding hydrogens is 271 g/mol. The summed E-state index contributed by atoms with van der Waals surface area (Å²) in [5.41, 5.74) is -0.394. The third kappa shape index (κ3) is 2.77. The molecule has 1 aromatic carbocycles. The number of hydrogen-bond acceptors (Lipinski definition) is 3. The predicted octanol–water partition coefficient (Wildman–Crippen LogP) is 1.72. The average Bonchev–Trinajstić information content (AvgIpc) is 2.34. The van der Waals surface area contributed by atoms with Crippen molar-refractivity contribution < 1.29 is 14.0 Å². The molecule has 0 saturated carbocycles. The quantitative estimate of drug-likeness (QED) is 0.841. The Morgan fingerprint density at radius 1 is 1.42 bits per heavy atom. The molecule has 0 atom stereocenters. The molecule has 2 amide bonds. The Labute approximate surface area is 115 Å². The standard InChI is InChI=1S/C13H14ClFN2O2/c1-13(2)12(19)17(11(18)6-16-13)7-8-5-9(15)3-4-10(8)14/h3-5,16H,6-7H2,1-2H3. The van der Waals surface area contributed by atoms with Crippen LogP contribution in [0.4, 0.5) is 4.39 Å². The lowest BCUT2D eigenvalue weighted by molar-refractivity contribution is -0.153. The maximum Gasteiger partial charge on any atom is 0.249 e. The average molecular weight is 285 g/mol. The van der Waals surface area contributed by atoms with Gasteiger partial charge in [-0.05, 0) is 37.6 Å². The molecule has 2 rings (SSSR count). The normalized spacial score (nSPS) is 18.8. The summed E-state index contributed by atoms with van der Waals surface area (Å²) >= 11 is 5.95. The van der Waals surface area contributed by atoms with Gasteiger partial charge in [0, 0.05) is 5.02 Å². The number of nitrogens with one attached hydrogen (secondary N) is 1. The van der Waals surface area contributed by atoms with Crippen LogP contribution in [0.25, 0.3) is 0 Å². The maximum absolute atomic E-state index is 13.2. The van der Waals surface area contributed by atoms with Gasteiger partial charge in [0.2, 0.25) is 11.8 Å². The molecule has 1 aromatic rings. The highest BCUT2D eigenvalue weighted by molar-refractivity contribution is 6.31. The molecule has 0 radical (unpaired) electrons. The highest BCUT2D eigenvalue weighted by Gasteiger charge is 2.39. The van der Waals surface area contributed by atoms with Gasteiger partial charge < -0.3 is 0 Å². The van der Waals surface area contributed by atoms with Gasteiger partial charge in [0.15, 0.2) is 0 Å². The SMILES string of the molecule is CC1(C)NCC(=O)N(Cc2cc(F)ccc2Cl)C1=O. The van der Waals surface area contributed by atoms with Crippen LogP contribution in [0, 0.1) is 5.82 Å². The van der Waals surface area contributed by atoms with E-state index in [4.69, 9.17) is 11.6 Å². The van der Waals surface area contributed by atoms with E-state index in [1.54, 1.807) is 13.8 Å². The van der Waals surface area contributed by atoms with Crippen LogP contribution < -0.4 is 5.32 Å². The fourth-order valence-electron chi connectivity index (χ4n) is 1.91. The van der Waals surface area contributed by atoms with Crippen LogP contribution in [0.1, 0.15) is 19.4 Å². The Bertz CT molecular complexity index is 545. The fraction of sp³-hybridized carbons (Fsp3) is 0.385. The Hall–Kier alpha value is -1.46. The molecule has 1 saturated heterocycles. The molecule has 1 heterocycles. The molecule has 0 unspecified atom stereocenters. The molecule has 0 aromatic heterocycles. The summed E-state index contributed by atoms with van der Waals surface area (Å²) in [6, 6.07) is 3.88. The molecule has 19 heavy (non-hydrogen) atoms. The minimum Gasteiger partial charge on any atom is -0.295 e. The molecule has 1 N–H and O–H groups in total. The molecule has 0 spiro atoms. The van der Waals surface area contributed by atoms with Gasteiger partial charge in [-0.2, -0.15) is 0 Å². The highest BCUT2D eigenvalue weighted by Crippen LogP contribution is 2.22. The van der Waals surface area contributed by atoms with Crippen LogP contribution in [0.5, 0.6) is 0 Å². The first-order chi connectivity index (χ1) is 8.81. The first kappa shape index (κ1) is 14.0. The third-order valence-corrected chi connectivity index (χ3v) is 3.47. The Morgan fingerprint density at radius 2 is 2.11 bits per heavy atom. The van der Waals surface area contributed by atoms with Gasteiger partial charge in [0.1, 0.15) is 5.82 Å². The molecule has 0 aliphatic carbocycles. The van der Waals surface area contributed by atoms with E-state index < -0.39 is 11.4 Å². The van der Waals surface area contributed by atoms with Crippen LogP contribution in [-0.4, -0.2) is 28.8 Å². The topological polar surface area (TPSA) is 49.4 Å². The minimum atomic E-state index is -0.812. The van der Waals surface area contributed by atoms with Gasteiger partial charge >= 0.3 is 0 Å². The minimum absolute atomic E-state index is 0.0145. The first-order valence-corrected chi connectivity index (χ1v) is 6.23. The van der Waals surface area contributed by atoms with Gasteiger partial charge in [0.25, 0.3) is 0 Å². The summed E-state index contributed by atoms with van der Waals surface area (Å²) in [5, 5.41) is 3.18. The van der Waals surface area contributed by atoms with Crippen molar-refractivity contribution in [2.24, 2.45) is 0 Å².